The first-order valence-electron chi connectivity index (χ1n) is 19.8. The molecule has 2 nitrogen and oxygen atoms in total. The number of hydrogen-bond acceptors (Lipinski definition) is 2. The molecule has 58 heavy (non-hydrogen) atoms. The summed E-state index contributed by atoms with van der Waals surface area (Å²) in [5, 5.41) is 6.98. The Labute approximate surface area is 337 Å². The number of para-hydroxylation sites is 3. The second kappa shape index (κ2) is 14.1. The van der Waals surface area contributed by atoms with E-state index in [9.17, 15) is 0 Å². The van der Waals surface area contributed by atoms with Crippen LogP contribution < -0.4 is 4.90 Å². The smallest absolute Gasteiger partial charge is 0.143 e. The molecule has 0 unspecified atom stereocenters. The fraction of sp³-hybridized carbons (Fsp3) is 0. The molecule has 11 aromatic rings. The van der Waals surface area contributed by atoms with Gasteiger partial charge in [-0.25, -0.2) is 0 Å². The van der Waals surface area contributed by atoms with Crippen LogP contribution in [0.15, 0.2) is 229 Å². The summed E-state index contributed by atoms with van der Waals surface area (Å²) in [6.07, 6.45) is 0. The zero-order chi connectivity index (χ0) is 38.4. The molecule has 0 atom stereocenters. The molecule has 0 aliphatic rings. The van der Waals surface area contributed by atoms with E-state index >= 15 is 0 Å². The van der Waals surface area contributed by atoms with Crippen LogP contribution in [0.25, 0.3) is 88.0 Å². The summed E-state index contributed by atoms with van der Waals surface area (Å²) in [5.74, 6) is 0. The van der Waals surface area contributed by atoms with Gasteiger partial charge in [0.05, 0.1) is 11.4 Å². The van der Waals surface area contributed by atoms with Gasteiger partial charge < -0.3 is 9.32 Å². The van der Waals surface area contributed by atoms with Crippen LogP contribution >= 0.6 is 0 Å². The minimum Gasteiger partial charge on any atom is -0.455 e. The van der Waals surface area contributed by atoms with Crippen LogP contribution in [-0.4, -0.2) is 0 Å². The fourth-order valence-corrected chi connectivity index (χ4v) is 8.62. The maximum atomic E-state index is 6.93. The molecular weight excluding hydrogens is 703 g/mol. The monoisotopic (exact) mass is 739 g/mol. The Morgan fingerprint density at radius 1 is 0.276 bits per heavy atom. The lowest BCUT2D eigenvalue weighted by molar-refractivity contribution is 0.674. The Kier molecular flexibility index (Phi) is 8.19. The van der Waals surface area contributed by atoms with Gasteiger partial charge in [-0.2, -0.15) is 0 Å². The highest BCUT2D eigenvalue weighted by Gasteiger charge is 2.23. The molecule has 0 spiro atoms. The standard InChI is InChI=1S/C56H37NO/c1-2-14-38(15-3-1)40-28-31-42(32-29-40)47-21-8-10-26-53(47)57(46-20-12-19-44(37-46)45-33-30-39-16-4-5-18-43(39)36-45)54-27-11-9-23-49(54)50-24-13-25-51-52-35-34-41-17-6-7-22-48(41)55(52)58-56(50)51/h1-37H. The maximum absolute atomic E-state index is 6.93. The summed E-state index contributed by atoms with van der Waals surface area (Å²) in [7, 11) is 0. The minimum atomic E-state index is 0.885. The van der Waals surface area contributed by atoms with Crippen LogP contribution in [-0.2, 0) is 0 Å². The van der Waals surface area contributed by atoms with Gasteiger partial charge in [-0.3, -0.25) is 0 Å². The maximum Gasteiger partial charge on any atom is 0.143 e. The number of benzene rings is 10. The Morgan fingerprint density at radius 3 is 1.66 bits per heavy atom. The lowest BCUT2D eigenvalue weighted by atomic mass is 9.96. The number of rotatable bonds is 7. The van der Waals surface area contributed by atoms with E-state index in [1.807, 2.05) is 0 Å². The van der Waals surface area contributed by atoms with Gasteiger partial charge in [-0.1, -0.05) is 188 Å². The first-order chi connectivity index (χ1) is 28.8. The minimum absolute atomic E-state index is 0.885. The van der Waals surface area contributed by atoms with Crippen LogP contribution in [0.5, 0.6) is 0 Å². The molecule has 0 amide bonds. The lowest BCUT2D eigenvalue weighted by Gasteiger charge is -2.30. The molecule has 0 N–H and O–H groups in total. The summed E-state index contributed by atoms with van der Waals surface area (Å²) in [4.78, 5) is 2.43. The van der Waals surface area contributed by atoms with Gasteiger partial charge in [-0.15, -0.1) is 0 Å². The van der Waals surface area contributed by atoms with Crippen molar-refractivity contribution in [2.24, 2.45) is 0 Å². The summed E-state index contributed by atoms with van der Waals surface area (Å²) in [6, 6.07) is 80.7. The van der Waals surface area contributed by atoms with Crippen molar-refractivity contribution in [3.05, 3.63) is 224 Å². The summed E-state index contributed by atoms with van der Waals surface area (Å²) < 4.78 is 6.93. The molecule has 1 heterocycles. The molecule has 1 aromatic heterocycles. The largest absolute Gasteiger partial charge is 0.455 e. The molecule has 0 aliphatic carbocycles. The number of hydrogen-bond donors (Lipinski definition) is 0. The van der Waals surface area contributed by atoms with Crippen LogP contribution in [0.2, 0.25) is 0 Å². The lowest BCUT2D eigenvalue weighted by Crippen LogP contribution is -2.12. The molecule has 2 heteroatoms. The zero-order valence-corrected chi connectivity index (χ0v) is 31.7. The Morgan fingerprint density at radius 2 is 0.810 bits per heavy atom. The van der Waals surface area contributed by atoms with Gasteiger partial charge in [0.15, 0.2) is 0 Å². The number of anilines is 3. The third kappa shape index (κ3) is 5.82. The van der Waals surface area contributed by atoms with Crippen LogP contribution in [0.4, 0.5) is 17.1 Å². The van der Waals surface area contributed by atoms with Gasteiger partial charge >= 0.3 is 0 Å². The molecule has 0 aliphatic heterocycles. The Balaban J connectivity index is 1.13. The van der Waals surface area contributed by atoms with Gasteiger partial charge in [-0.05, 0) is 80.4 Å². The zero-order valence-electron chi connectivity index (χ0n) is 31.7. The van der Waals surface area contributed by atoms with Gasteiger partial charge in [0.2, 0.25) is 0 Å². The van der Waals surface area contributed by atoms with Crippen molar-refractivity contribution in [2.75, 3.05) is 4.90 Å². The number of fused-ring (bicyclic) bond motifs is 6. The summed E-state index contributed by atoms with van der Waals surface area (Å²) >= 11 is 0. The van der Waals surface area contributed by atoms with Crippen LogP contribution in [0, 0.1) is 0 Å². The average molecular weight is 740 g/mol. The molecule has 272 valence electrons. The quantitative estimate of drug-likeness (QED) is 0.162. The molecule has 0 saturated heterocycles. The highest BCUT2D eigenvalue weighted by molar-refractivity contribution is 6.17. The van der Waals surface area contributed by atoms with E-state index in [1.54, 1.807) is 0 Å². The highest BCUT2D eigenvalue weighted by Crippen LogP contribution is 2.48. The van der Waals surface area contributed by atoms with Crippen LogP contribution in [0.3, 0.4) is 0 Å². The summed E-state index contributed by atoms with van der Waals surface area (Å²) in [6.45, 7) is 0. The second-order valence-corrected chi connectivity index (χ2v) is 14.9. The van der Waals surface area contributed by atoms with Gasteiger partial charge in [0, 0.05) is 38.5 Å². The first kappa shape index (κ1) is 33.6. The predicted molar refractivity (Wildman–Crippen MR) is 245 cm³/mol. The van der Waals surface area contributed by atoms with E-state index in [1.165, 1.54) is 32.8 Å². The molecule has 0 fully saturated rings. The second-order valence-electron chi connectivity index (χ2n) is 14.9. The van der Waals surface area contributed by atoms with Gasteiger partial charge in [0.25, 0.3) is 0 Å². The molecule has 10 aromatic carbocycles. The van der Waals surface area contributed by atoms with Crippen molar-refractivity contribution < 1.29 is 4.42 Å². The van der Waals surface area contributed by atoms with Crippen molar-refractivity contribution >= 4 is 60.5 Å². The van der Waals surface area contributed by atoms with Crippen molar-refractivity contribution in [3.63, 3.8) is 0 Å². The number of furan rings is 1. The third-order valence-corrected chi connectivity index (χ3v) is 11.5. The third-order valence-electron chi connectivity index (χ3n) is 11.5. The molecule has 0 saturated carbocycles. The van der Waals surface area contributed by atoms with Crippen molar-refractivity contribution in [3.8, 4) is 44.5 Å². The first-order valence-corrected chi connectivity index (χ1v) is 19.8. The fourth-order valence-electron chi connectivity index (χ4n) is 8.62. The highest BCUT2D eigenvalue weighted by atomic mass is 16.3. The predicted octanol–water partition coefficient (Wildman–Crippen LogP) is 16.0. The van der Waals surface area contributed by atoms with Crippen molar-refractivity contribution in [1.29, 1.82) is 0 Å². The summed E-state index contributed by atoms with van der Waals surface area (Å²) in [5.41, 5.74) is 14.2. The number of nitrogens with zero attached hydrogens (tertiary/aromatic N) is 1. The Bertz CT molecular complexity index is 3290. The normalized spacial score (nSPS) is 11.4. The molecule has 0 bridgehead atoms. The average Bonchev–Trinajstić information content (AvgIpc) is 3.70. The van der Waals surface area contributed by atoms with Gasteiger partial charge in [0.1, 0.15) is 11.2 Å². The van der Waals surface area contributed by atoms with E-state index < -0.39 is 0 Å². The van der Waals surface area contributed by atoms with Crippen molar-refractivity contribution in [1.82, 2.24) is 0 Å². The SMILES string of the molecule is c1ccc(-c2ccc(-c3ccccc3N(c3cccc(-c4ccc5ccccc5c4)c3)c3ccccc3-c3cccc4c3oc3c5ccccc5ccc43)cc2)cc1. The van der Waals surface area contributed by atoms with E-state index in [0.29, 0.717) is 0 Å². The molecular formula is C56H37NO. The van der Waals surface area contributed by atoms with E-state index in [0.717, 1.165) is 72.2 Å². The van der Waals surface area contributed by atoms with Crippen molar-refractivity contribution in [2.45, 2.75) is 0 Å². The topological polar surface area (TPSA) is 16.4 Å². The van der Waals surface area contributed by atoms with Crippen LogP contribution in [0.1, 0.15) is 0 Å². The molecule has 0 radical (unpaired) electrons. The van der Waals surface area contributed by atoms with E-state index in [4.69, 9.17) is 4.42 Å². The Hall–Kier alpha value is -7.68. The van der Waals surface area contributed by atoms with E-state index in [-0.39, 0.29) is 0 Å². The van der Waals surface area contributed by atoms with E-state index in [2.05, 4.69) is 229 Å². The molecule has 11 rings (SSSR count).